The Hall–Kier alpha value is -1.06. The van der Waals surface area contributed by atoms with Crippen LogP contribution in [0, 0.1) is 0 Å². The molecule has 2 rings (SSSR count). The number of epoxide rings is 1. The highest BCUT2D eigenvalue weighted by molar-refractivity contribution is 5.29. The number of phenols is 1. The van der Waals surface area contributed by atoms with E-state index in [0.29, 0.717) is 6.61 Å². The molecule has 1 aliphatic heterocycles. The molecule has 0 bridgehead atoms. The fraction of sp³-hybridized carbons (Fsp3) is 0.400. The summed E-state index contributed by atoms with van der Waals surface area (Å²) in [5, 5.41) is 9.06. The number of aromatic hydroxyl groups is 1. The second kappa shape index (κ2) is 3.36. The molecule has 0 saturated carbocycles. The molecule has 1 aromatic rings. The van der Waals surface area contributed by atoms with E-state index >= 15 is 0 Å². The number of benzene rings is 1. The second-order valence-corrected chi connectivity index (χ2v) is 3.14. The van der Waals surface area contributed by atoms with E-state index in [0.717, 1.165) is 5.56 Å². The maximum absolute atomic E-state index is 9.06. The van der Waals surface area contributed by atoms with Crippen molar-refractivity contribution in [1.82, 2.24) is 0 Å². The van der Waals surface area contributed by atoms with Crippen molar-refractivity contribution in [2.45, 2.75) is 12.2 Å². The molecule has 1 saturated heterocycles. The summed E-state index contributed by atoms with van der Waals surface area (Å²) in [6.07, 6.45) is 0.343. The van der Waals surface area contributed by atoms with Crippen molar-refractivity contribution >= 4 is 0 Å². The Morgan fingerprint density at radius 1 is 1.38 bits per heavy atom. The molecule has 0 radical (unpaired) electrons. The van der Waals surface area contributed by atoms with E-state index in [-0.39, 0.29) is 18.0 Å². The van der Waals surface area contributed by atoms with Crippen LogP contribution in [0.25, 0.3) is 0 Å². The summed E-state index contributed by atoms with van der Waals surface area (Å²) < 4.78 is 10.3. The molecule has 1 aliphatic rings. The van der Waals surface area contributed by atoms with Gasteiger partial charge in [0.1, 0.15) is 18.0 Å². The molecule has 3 nitrogen and oxygen atoms in total. The zero-order valence-corrected chi connectivity index (χ0v) is 7.43. The van der Waals surface area contributed by atoms with E-state index in [4.69, 9.17) is 14.6 Å². The second-order valence-electron chi connectivity index (χ2n) is 3.14. The summed E-state index contributed by atoms with van der Waals surface area (Å²) in [7, 11) is 1.66. The normalized spacial score (nSPS) is 25.9. The van der Waals surface area contributed by atoms with Crippen LogP contribution >= 0.6 is 0 Å². The van der Waals surface area contributed by atoms with E-state index < -0.39 is 0 Å². The van der Waals surface area contributed by atoms with Gasteiger partial charge in [0.15, 0.2) is 0 Å². The maximum atomic E-state index is 9.06. The Bertz CT molecular complexity index is 281. The maximum Gasteiger partial charge on any atom is 0.115 e. The summed E-state index contributed by atoms with van der Waals surface area (Å²) >= 11 is 0. The average Bonchev–Trinajstić information content (AvgIpc) is 2.86. The van der Waals surface area contributed by atoms with Crippen LogP contribution in [0.2, 0.25) is 0 Å². The van der Waals surface area contributed by atoms with Crippen LogP contribution in [0.4, 0.5) is 0 Å². The van der Waals surface area contributed by atoms with Crippen molar-refractivity contribution in [1.29, 1.82) is 0 Å². The molecule has 13 heavy (non-hydrogen) atoms. The minimum atomic E-state index is 0.153. The van der Waals surface area contributed by atoms with Crippen LogP contribution in [0.1, 0.15) is 11.7 Å². The van der Waals surface area contributed by atoms with E-state index in [1.54, 1.807) is 19.2 Å². The summed E-state index contributed by atoms with van der Waals surface area (Å²) in [4.78, 5) is 0. The standard InChI is InChI=1S/C10H12O3/c1-12-6-9-10(13-9)7-2-4-8(11)5-3-7/h2-5,9-11H,6H2,1H3. The Labute approximate surface area is 76.9 Å². The van der Waals surface area contributed by atoms with Crippen LogP contribution in [0.5, 0.6) is 5.75 Å². The Morgan fingerprint density at radius 2 is 2.08 bits per heavy atom. The molecule has 1 fully saturated rings. The van der Waals surface area contributed by atoms with Gasteiger partial charge in [0.25, 0.3) is 0 Å². The number of rotatable bonds is 3. The SMILES string of the molecule is COCC1OC1c1ccc(O)cc1. The van der Waals surface area contributed by atoms with Crippen molar-refractivity contribution < 1.29 is 14.6 Å². The Balaban J connectivity index is 2.00. The fourth-order valence-corrected chi connectivity index (χ4v) is 1.39. The van der Waals surface area contributed by atoms with Gasteiger partial charge < -0.3 is 14.6 Å². The van der Waals surface area contributed by atoms with Crippen molar-refractivity contribution in [2.24, 2.45) is 0 Å². The zero-order valence-electron chi connectivity index (χ0n) is 7.43. The van der Waals surface area contributed by atoms with Gasteiger partial charge in [0.05, 0.1) is 6.61 Å². The first-order chi connectivity index (χ1) is 6.31. The molecule has 3 heteroatoms. The molecule has 70 valence electrons. The van der Waals surface area contributed by atoms with Crippen molar-refractivity contribution in [3.8, 4) is 5.75 Å². The number of phenolic OH excluding ortho intramolecular Hbond substituents is 1. The van der Waals surface area contributed by atoms with Crippen LogP contribution in [0.3, 0.4) is 0 Å². The lowest BCUT2D eigenvalue weighted by Gasteiger charge is -1.96. The fourth-order valence-electron chi connectivity index (χ4n) is 1.39. The largest absolute Gasteiger partial charge is 0.508 e. The van der Waals surface area contributed by atoms with Crippen molar-refractivity contribution in [3.05, 3.63) is 29.8 Å². The van der Waals surface area contributed by atoms with Crippen molar-refractivity contribution in [2.75, 3.05) is 13.7 Å². The van der Waals surface area contributed by atoms with E-state index in [9.17, 15) is 0 Å². The Morgan fingerprint density at radius 3 is 2.69 bits per heavy atom. The van der Waals surface area contributed by atoms with Gasteiger partial charge in [-0.2, -0.15) is 0 Å². The molecule has 0 aliphatic carbocycles. The van der Waals surface area contributed by atoms with E-state index in [1.165, 1.54) is 0 Å². The molecule has 0 amide bonds. The first-order valence-electron chi connectivity index (χ1n) is 4.24. The lowest BCUT2D eigenvalue weighted by atomic mass is 10.1. The topological polar surface area (TPSA) is 42.0 Å². The van der Waals surface area contributed by atoms with Crippen LogP contribution in [-0.2, 0) is 9.47 Å². The molecule has 1 heterocycles. The van der Waals surface area contributed by atoms with Gasteiger partial charge in [-0.05, 0) is 17.7 Å². The highest BCUT2D eigenvalue weighted by Crippen LogP contribution is 2.38. The predicted octanol–water partition coefficient (Wildman–Crippen LogP) is 1.48. The monoisotopic (exact) mass is 180 g/mol. The van der Waals surface area contributed by atoms with Crippen molar-refractivity contribution in [3.63, 3.8) is 0 Å². The number of hydrogen-bond donors (Lipinski definition) is 1. The minimum absolute atomic E-state index is 0.153. The lowest BCUT2D eigenvalue weighted by molar-refractivity contribution is 0.171. The quantitative estimate of drug-likeness (QED) is 0.716. The third-order valence-corrected chi connectivity index (χ3v) is 2.14. The lowest BCUT2D eigenvalue weighted by Crippen LogP contribution is -1.98. The van der Waals surface area contributed by atoms with Gasteiger partial charge in [-0.1, -0.05) is 12.1 Å². The van der Waals surface area contributed by atoms with E-state index in [1.807, 2.05) is 12.1 Å². The number of methoxy groups -OCH3 is 1. The van der Waals surface area contributed by atoms with Gasteiger partial charge in [0.2, 0.25) is 0 Å². The van der Waals surface area contributed by atoms with Crippen LogP contribution in [-0.4, -0.2) is 24.9 Å². The summed E-state index contributed by atoms with van der Waals surface area (Å²) in [6, 6.07) is 7.08. The smallest absolute Gasteiger partial charge is 0.115 e. The molecule has 2 atom stereocenters. The predicted molar refractivity (Wildman–Crippen MR) is 47.6 cm³/mol. The summed E-state index contributed by atoms with van der Waals surface area (Å²) in [5.74, 6) is 0.285. The zero-order chi connectivity index (χ0) is 9.26. The minimum Gasteiger partial charge on any atom is -0.508 e. The molecule has 1 aromatic carbocycles. The molecule has 2 unspecified atom stereocenters. The van der Waals surface area contributed by atoms with Gasteiger partial charge in [-0.3, -0.25) is 0 Å². The molecule has 0 aromatic heterocycles. The number of ether oxygens (including phenoxy) is 2. The van der Waals surface area contributed by atoms with Crippen LogP contribution in [0.15, 0.2) is 24.3 Å². The van der Waals surface area contributed by atoms with Gasteiger partial charge >= 0.3 is 0 Å². The highest BCUT2D eigenvalue weighted by Gasteiger charge is 2.39. The molecule has 1 N–H and O–H groups in total. The highest BCUT2D eigenvalue weighted by atomic mass is 16.6. The van der Waals surface area contributed by atoms with Gasteiger partial charge in [-0.25, -0.2) is 0 Å². The van der Waals surface area contributed by atoms with Gasteiger partial charge in [0, 0.05) is 7.11 Å². The third kappa shape index (κ3) is 1.82. The molecular formula is C10H12O3. The number of hydrogen-bond acceptors (Lipinski definition) is 3. The first kappa shape index (κ1) is 8.53. The van der Waals surface area contributed by atoms with Crippen LogP contribution < -0.4 is 0 Å². The van der Waals surface area contributed by atoms with E-state index in [2.05, 4.69) is 0 Å². The average molecular weight is 180 g/mol. The van der Waals surface area contributed by atoms with Gasteiger partial charge in [-0.15, -0.1) is 0 Å². The molecule has 0 spiro atoms. The molecular weight excluding hydrogens is 168 g/mol. The Kier molecular flexibility index (Phi) is 2.20. The first-order valence-corrected chi connectivity index (χ1v) is 4.24. The third-order valence-electron chi connectivity index (χ3n) is 2.14. The summed E-state index contributed by atoms with van der Waals surface area (Å²) in [6.45, 7) is 0.630. The summed E-state index contributed by atoms with van der Waals surface area (Å²) in [5.41, 5.74) is 1.10.